The number of likely N-dealkylation sites (N-methyl/N-ethyl adjacent to an activating group) is 1. The van der Waals surface area contributed by atoms with Crippen molar-refractivity contribution in [2.24, 2.45) is 0 Å². The van der Waals surface area contributed by atoms with Gasteiger partial charge in [0.25, 0.3) is 0 Å². The molecule has 8 nitrogen and oxygen atoms in total. The van der Waals surface area contributed by atoms with Crippen LogP contribution < -0.4 is 0 Å². The first kappa shape index (κ1) is 18.2. The summed E-state index contributed by atoms with van der Waals surface area (Å²) in [6.45, 7) is 3.57. The third-order valence-electron chi connectivity index (χ3n) is 4.74. The Balaban J connectivity index is 1.95. The van der Waals surface area contributed by atoms with Gasteiger partial charge in [-0.05, 0) is 32.6 Å². The van der Waals surface area contributed by atoms with Crippen LogP contribution in [-0.2, 0) is 19.2 Å². The van der Waals surface area contributed by atoms with E-state index >= 15 is 0 Å². The van der Waals surface area contributed by atoms with Crippen molar-refractivity contribution < 1.29 is 24.3 Å². The Bertz CT molecular complexity index is 522. The Labute approximate surface area is 141 Å². The van der Waals surface area contributed by atoms with E-state index in [-0.39, 0.29) is 24.9 Å². The van der Waals surface area contributed by atoms with Crippen molar-refractivity contribution in [3.05, 3.63) is 0 Å². The summed E-state index contributed by atoms with van der Waals surface area (Å²) >= 11 is 0. The number of carboxylic acids is 1. The largest absolute Gasteiger partial charge is 0.481 e. The Morgan fingerprint density at radius 2 is 1.75 bits per heavy atom. The molecule has 3 amide bonds. The van der Waals surface area contributed by atoms with Gasteiger partial charge in [0.1, 0.15) is 6.54 Å². The third kappa shape index (κ3) is 4.24. The molecule has 1 unspecified atom stereocenters. The molecule has 0 aromatic rings. The fourth-order valence-corrected chi connectivity index (χ4v) is 3.34. The van der Waals surface area contributed by atoms with E-state index in [1.807, 2.05) is 6.92 Å². The SMILES string of the molecule is CCN1CCN(CC(=O)N2CCCCC2CCC(=O)O)C(=O)C1=O. The Morgan fingerprint density at radius 1 is 1.08 bits per heavy atom. The first-order chi connectivity index (χ1) is 11.4. The number of piperazine rings is 1. The van der Waals surface area contributed by atoms with E-state index < -0.39 is 17.8 Å². The highest BCUT2D eigenvalue weighted by atomic mass is 16.4. The molecule has 2 saturated heterocycles. The molecule has 1 atom stereocenters. The lowest BCUT2D eigenvalue weighted by Gasteiger charge is -2.38. The van der Waals surface area contributed by atoms with E-state index in [4.69, 9.17) is 5.11 Å². The molecular formula is C16H25N3O5. The van der Waals surface area contributed by atoms with Crippen molar-refractivity contribution in [2.45, 2.75) is 45.1 Å². The molecule has 0 saturated carbocycles. The maximum atomic E-state index is 12.6. The van der Waals surface area contributed by atoms with Gasteiger partial charge in [0.15, 0.2) is 0 Å². The number of rotatable bonds is 6. The number of carbonyl (C=O) groups excluding carboxylic acids is 3. The Morgan fingerprint density at radius 3 is 2.42 bits per heavy atom. The lowest BCUT2D eigenvalue weighted by atomic mass is 9.97. The van der Waals surface area contributed by atoms with Crippen molar-refractivity contribution in [1.29, 1.82) is 0 Å². The molecule has 0 radical (unpaired) electrons. The lowest BCUT2D eigenvalue weighted by Crippen LogP contribution is -2.57. The summed E-state index contributed by atoms with van der Waals surface area (Å²) in [5.74, 6) is -2.26. The number of carbonyl (C=O) groups is 4. The van der Waals surface area contributed by atoms with E-state index in [9.17, 15) is 19.2 Å². The van der Waals surface area contributed by atoms with Crippen LogP contribution >= 0.6 is 0 Å². The van der Waals surface area contributed by atoms with Crippen molar-refractivity contribution >= 4 is 23.7 Å². The van der Waals surface area contributed by atoms with E-state index in [2.05, 4.69) is 0 Å². The quantitative estimate of drug-likeness (QED) is 0.683. The van der Waals surface area contributed by atoms with E-state index in [1.165, 1.54) is 9.80 Å². The van der Waals surface area contributed by atoms with Crippen molar-refractivity contribution in [2.75, 3.05) is 32.7 Å². The van der Waals surface area contributed by atoms with Crippen LogP contribution in [0.1, 0.15) is 39.0 Å². The molecule has 2 fully saturated rings. The van der Waals surface area contributed by atoms with Crippen molar-refractivity contribution in [3.8, 4) is 0 Å². The minimum Gasteiger partial charge on any atom is -0.481 e. The second-order valence-corrected chi connectivity index (χ2v) is 6.28. The molecule has 0 aromatic carbocycles. The van der Waals surface area contributed by atoms with Crippen LogP contribution in [0.4, 0.5) is 0 Å². The van der Waals surface area contributed by atoms with Gasteiger partial charge in [0.2, 0.25) is 5.91 Å². The van der Waals surface area contributed by atoms with Gasteiger partial charge in [0.05, 0.1) is 0 Å². The third-order valence-corrected chi connectivity index (χ3v) is 4.74. The smallest absolute Gasteiger partial charge is 0.312 e. The molecule has 2 aliphatic heterocycles. The highest BCUT2D eigenvalue weighted by molar-refractivity contribution is 6.35. The number of hydrogen-bond donors (Lipinski definition) is 1. The first-order valence-corrected chi connectivity index (χ1v) is 8.53. The van der Waals surface area contributed by atoms with E-state index in [0.717, 1.165) is 19.3 Å². The molecule has 134 valence electrons. The maximum absolute atomic E-state index is 12.6. The highest BCUT2D eigenvalue weighted by Crippen LogP contribution is 2.21. The minimum atomic E-state index is -0.871. The zero-order valence-corrected chi connectivity index (χ0v) is 14.1. The number of nitrogens with zero attached hydrogens (tertiary/aromatic N) is 3. The Hall–Kier alpha value is -2.12. The standard InChI is InChI=1S/C16H25N3O5/c1-2-17-9-10-18(16(24)15(17)23)11-13(20)19-8-4-3-5-12(19)6-7-14(21)22/h12H,2-11H2,1H3,(H,21,22). The maximum Gasteiger partial charge on any atom is 0.312 e. The molecule has 2 aliphatic rings. The minimum absolute atomic E-state index is 0.0288. The average Bonchev–Trinajstić information content (AvgIpc) is 2.57. The van der Waals surface area contributed by atoms with Crippen LogP contribution in [0.2, 0.25) is 0 Å². The number of piperidine rings is 1. The summed E-state index contributed by atoms with van der Waals surface area (Å²) in [4.78, 5) is 51.8. The molecule has 0 aliphatic carbocycles. The van der Waals surface area contributed by atoms with Crippen LogP contribution in [0.3, 0.4) is 0 Å². The zero-order chi connectivity index (χ0) is 17.7. The van der Waals surface area contributed by atoms with Gasteiger partial charge in [0, 0.05) is 38.6 Å². The number of hydrogen-bond acceptors (Lipinski definition) is 4. The van der Waals surface area contributed by atoms with Gasteiger partial charge < -0.3 is 19.8 Å². The van der Waals surface area contributed by atoms with Gasteiger partial charge in [-0.3, -0.25) is 19.2 Å². The van der Waals surface area contributed by atoms with E-state index in [0.29, 0.717) is 32.6 Å². The normalized spacial score (nSPS) is 22.0. The monoisotopic (exact) mass is 339 g/mol. The van der Waals surface area contributed by atoms with Crippen LogP contribution in [0.5, 0.6) is 0 Å². The summed E-state index contributed by atoms with van der Waals surface area (Å²) < 4.78 is 0. The van der Waals surface area contributed by atoms with Gasteiger partial charge in [-0.1, -0.05) is 0 Å². The molecule has 8 heteroatoms. The van der Waals surface area contributed by atoms with Crippen LogP contribution in [0, 0.1) is 0 Å². The number of carboxylic acid groups (broad SMARTS) is 1. The molecule has 1 N–H and O–H groups in total. The average molecular weight is 339 g/mol. The second-order valence-electron chi connectivity index (χ2n) is 6.28. The van der Waals surface area contributed by atoms with Crippen LogP contribution in [0.15, 0.2) is 0 Å². The van der Waals surface area contributed by atoms with E-state index in [1.54, 1.807) is 4.90 Å². The summed E-state index contributed by atoms with van der Waals surface area (Å²) in [6, 6.07) is -0.0925. The molecule has 0 aromatic heterocycles. The first-order valence-electron chi connectivity index (χ1n) is 8.53. The summed E-state index contributed by atoms with van der Waals surface area (Å²) in [5, 5.41) is 8.84. The van der Waals surface area contributed by atoms with Crippen LogP contribution in [0.25, 0.3) is 0 Å². The van der Waals surface area contributed by atoms with Gasteiger partial charge in [-0.15, -0.1) is 0 Å². The van der Waals surface area contributed by atoms with Crippen molar-refractivity contribution in [3.63, 3.8) is 0 Å². The highest BCUT2D eigenvalue weighted by Gasteiger charge is 2.35. The fraction of sp³-hybridized carbons (Fsp3) is 0.750. The summed E-state index contributed by atoms with van der Waals surface area (Å²) in [7, 11) is 0. The molecule has 2 rings (SSSR count). The lowest BCUT2D eigenvalue weighted by molar-refractivity contribution is -0.158. The molecule has 0 bridgehead atoms. The number of likely N-dealkylation sites (tertiary alicyclic amines) is 1. The van der Waals surface area contributed by atoms with Gasteiger partial charge in [-0.25, -0.2) is 0 Å². The fourth-order valence-electron chi connectivity index (χ4n) is 3.34. The number of aliphatic carboxylic acids is 1. The molecular weight excluding hydrogens is 314 g/mol. The van der Waals surface area contributed by atoms with Crippen molar-refractivity contribution in [1.82, 2.24) is 14.7 Å². The van der Waals surface area contributed by atoms with Crippen LogP contribution in [-0.4, -0.2) is 82.3 Å². The zero-order valence-electron chi connectivity index (χ0n) is 14.1. The molecule has 2 heterocycles. The summed E-state index contributed by atoms with van der Waals surface area (Å²) in [6.07, 6.45) is 3.10. The summed E-state index contributed by atoms with van der Waals surface area (Å²) in [5.41, 5.74) is 0. The van der Waals surface area contributed by atoms with Gasteiger partial charge >= 0.3 is 17.8 Å². The molecule has 0 spiro atoms. The Kier molecular flexibility index (Phi) is 6.16. The predicted octanol–water partition coefficient (Wildman–Crippen LogP) is -0.0770. The molecule has 24 heavy (non-hydrogen) atoms. The van der Waals surface area contributed by atoms with Gasteiger partial charge in [-0.2, -0.15) is 0 Å². The predicted molar refractivity (Wildman–Crippen MR) is 85.1 cm³/mol. The second kappa shape index (κ2) is 8.12. The number of amides is 3. The topological polar surface area (TPSA) is 98.2 Å².